The SMILES string of the molecule is CC=CC=CC(=O)N1CC[C@H](O)C1. The third-order valence-corrected chi connectivity index (χ3v) is 2.02. The summed E-state index contributed by atoms with van der Waals surface area (Å²) >= 11 is 0. The van der Waals surface area contributed by atoms with Crippen molar-refractivity contribution in [1.82, 2.24) is 4.90 Å². The number of rotatable bonds is 2. The van der Waals surface area contributed by atoms with E-state index in [1.54, 1.807) is 11.0 Å². The number of hydrogen-bond acceptors (Lipinski definition) is 2. The lowest BCUT2D eigenvalue weighted by Gasteiger charge is -2.11. The molecule has 13 heavy (non-hydrogen) atoms. The Kier molecular flexibility index (Phi) is 3.71. The Morgan fingerprint density at radius 3 is 2.85 bits per heavy atom. The standard InChI is InChI=1S/C10H15NO2/c1-2-3-4-5-10(13)11-7-6-9(12)8-11/h2-5,9,12H,6-8H2,1H3/t9-/m0/s1. The van der Waals surface area contributed by atoms with Crippen molar-refractivity contribution >= 4 is 5.91 Å². The van der Waals surface area contributed by atoms with Crippen LogP contribution in [0.15, 0.2) is 24.3 Å². The summed E-state index contributed by atoms with van der Waals surface area (Å²) in [4.78, 5) is 13.0. The van der Waals surface area contributed by atoms with Crippen LogP contribution in [0.4, 0.5) is 0 Å². The number of amides is 1. The monoisotopic (exact) mass is 181 g/mol. The molecule has 0 bridgehead atoms. The molecule has 3 nitrogen and oxygen atoms in total. The second kappa shape index (κ2) is 4.82. The molecule has 1 N–H and O–H groups in total. The van der Waals surface area contributed by atoms with E-state index < -0.39 is 0 Å². The molecule has 0 unspecified atom stereocenters. The molecule has 0 radical (unpaired) electrons. The number of aliphatic hydroxyl groups excluding tert-OH is 1. The van der Waals surface area contributed by atoms with Crippen molar-refractivity contribution in [3.05, 3.63) is 24.3 Å². The molecule has 0 aliphatic carbocycles. The number of hydrogen-bond donors (Lipinski definition) is 1. The summed E-state index contributed by atoms with van der Waals surface area (Å²) in [7, 11) is 0. The maximum absolute atomic E-state index is 11.4. The van der Waals surface area contributed by atoms with Gasteiger partial charge in [0.1, 0.15) is 0 Å². The quantitative estimate of drug-likeness (QED) is 0.503. The van der Waals surface area contributed by atoms with Crippen LogP contribution < -0.4 is 0 Å². The highest BCUT2D eigenvalue weighted by atomic mass is 16.3. The van der Waals surface area contributed by atoms with Gasteiger partial charge < -0.3 is 10.0 Å². The Morgan fingerprint density at radius 2 is 2.31 bits per heavy atom. The van der Waals surface area contributed by atoms with Crippen LogP contribution in [0.5, 0.6) is 0 Å². The zero-order valence-corrected chi connectivity index (χ0v) is 7.81. The molecular weight excluding hydrogens is 166 g/mol. The van der Waals surface area contributed by atoms with Crippen molar-refractivity contribution < 1.29 is 9.90 Å². The van der Waals surface area contributed by atoms with Gasteiger partial charge in [-0.05, 0) is 13.3 Å². The number of allylic oxidation sites excluding steroid dienone is 3. The van der Waals surface area contributed by atoms with Crippen molar-refractivity contribution in [2.45, 2.75) is 19.4 Å². The highest BCUT2D eigenvalue weighted by Crippen LogP contribution is 2.08. The number of aliphatic hydroxyl groups is 1. The molecule has 1 aliphatic heterocycles. The van der Waals surface area contributed by atoms with Gasteiger partial charge in [-0.15, -0.1) is 0 Å². The number of nitrogens with zero attached hydrogens (tertiary/aromatic N) is 1. The van der Waals surface area contributed by atoms with Crippen molar-refractivity contribution in [2.24, 2.45) is 0 Å². The van der Waals surface area contributed by atoms with Crippen LogP contribution in [0.25, 0.3) is 0 Å². The van der Waals surface area contributed by atoms with E-state index in [1.165, 1.54) is 6.08 Å². The number of β-amino-alcohol motifs (C(OH)–C–C–N with tert-alkyl or cyclic N) is 1. The van der Waals surface area contributed by atoms with Gasteiger partial charge in [-0.25, -0.2) is 0 Å². The first kappa shape index (κ1) is 9.99. The second-order valence-electron chi connectivity index (χ2n) is 3.11. The fourth-order valence-electron chi connectivity index (χ4n) is 1.30. The van der Waals surface area contributed by atoms with Gasteiger partial charge in [0, 0.05) is 19.2 Å². The third-order valence-electron chi connectivity index (χ3n) is 2.02. The molecule has 0 aromatic carbocycles. The minimum absolute atomic E-state index is 0.0188. The first-order valence-corrected chi connectivity index (χ1v) is 4.50. The maximum atomic E-state index is 11.4. The average molecular weight is 181 g/mol. The summed E-state index contributed by atoms with van der Waals surface area (Å²) in [6.07, 6.45) is 7.28. The molecule has 1 saturated heterocycles. The molecule has 0 aromatic heterocycles. The maximum Gasteiger partial charge on any atom is 0.246 e. The lowest BCUT2D eigenvalue weighted by molar-refractivity contribution is -0.125. The second-order valence-corrected chi connectivity index (χ2v) is 3.11. The Morgan fingerprint density at radius 1 is 1.54 bits per heavy atom. The van der Waals surface area contributed by atoms with Crippen LogP contribution >= 0.6 is 0 Å². The molecule has 1 amide bonds. The zero-order chi connectivity index (χ0) is 9.68. The van der Waals surface area contributed by atoms with Crippen LogP contribution in [-0.2, 0) is 4.79 Å². The number of carbonyl (C=O) groups excluding carboxylic acids is 1. The predicted octanol–water partition coefficient (Wildman–Crippen LogP) is 0.712. The minimum atomic E-state index is -0.334. The lowest BCUT2D eigenvalue weighted by Crippen LogP contribution is -2.27. The van der Waals surface area contributed by atoms with Gasteiger partial charge >= 0.3 is 0 Å². The van der Waals surface area contributed by atoms with E-state index in [1.807, 2.05) is 19.1 Å². The van der Waals surface area contributed by atoms with Gasteiger partial charge in [0.25, 0.3) is 0 Å². The molecule has 1 rings (SSSR count). The fraction of sp³-hybridized carbons (Fsp3) is 0.500. The molecule has 1 heterocycles. The molecule has 3 heteroatoms. The van der Waals surface area contributed by atoms with Crippen molar-refractivity contribution in [2.75, 3.05) is 13.1 Å². The van der Waals surface area contributed by atoms with Gasteiger partial charge in [-0.2, -0.15) is 0 Å². The smallest absolute Gasteiger partial charge is 0.246 e. The molecular formula is C10H15NO2. The van der Waals surface area contributed by atoms with Crippen LogP contribution in [0.3, 0.4) is 0 Å². The Hall–Kier alpha value is -1.09. The van der Waals surface area contributed by atoms with Gasteiger partial charge in [0.05, 0.1) is 6.10 Å². The summed E-state index contributed by atoms with van der Waals surface area (Å²) in [5.74, 6) is -0.0188. The fourth-order valence-corrected chi connectivity index (χ4v) is 1.30. The number of carbonyl (C=O) groups is 1. The van der Waals surface area contributed by atoms with Crippen LogP contribution in [0.1, 0.15) is 13.3 Å². The van der Waals surface area contributed by atoms with Crippen molar-refractivity contribution in [3.63, 3.8) is 0 Å². The molecule has 0 spiro atoms. The number of likely N-dealkylation sites (tertiary alicyclic amines) is 1. The van der Waals surface area contributed by atoms with E-state index in [4.69, 9.17) is 0 Å². The summed E-state index contributed by atoms with van der Waals surface area (Å²) in [6.45, 7) is 3.04. The van der Waals surface area contributed by atoms with Gasteiger partial charge in [0.2, 0.25) is 5.91 Å². The van der Waals surface area contributed by atoms with E-state index in [-0.39, 0.29) is 12.0 Å². The van der Waals surface area contributed by atoms with Crippen LogP contribution in [0, 0.1) is 0 Å². The molecule has 0 aromatic rings. The molecule has 72 valence electrons. The topological polar surface area (TPSA) is 40.5 Å². The third kappa shape index (κ3) is 3.03. The summed E-state index contributed by atoms with van der Waals surface area (Å²) in [5, 5.41) is 9.19. The minimum Gasteiger partial charge on any atom is -0.391 e. The Labute approximate surface area is 78.4 Å². The normalized spacial score (nSPS) is 23.5. The molecule has 1 atom stereocenters. The van der Waals surface area contributed by atoms with Gasteiger partial charge in [0.15, 0.2) is 0 Å². The van der Waals surface area contributed by atoms with Crippen molar-refractivity contribution in [1.29, 1.82) is 0 Å². The first-order valence-electron chi connectivity index (χ1n) is 4.50. The van der Waals surface area contributed by atoms with E-state index >= 15 is 0 Å². The zero-order valence-electron chi connectivity index (χ0n) is 7.81. The Bertz CT molecular complexity index is 233. The molecule has 1 fully saturated rings. The van der Waals surface area contributed by atoms with E-state index in [0.29, 0.717) is 19.5 Å². The van der Waals surface area contributed by atoms with E-state index in [9.17, 15) is 9.90 Å². The summed E-state index contributed by atoms with van der Waals surface area (Å²) < 4.78 is 0. The average Bonchev–Trinajstić information content (AvgIpc) is 2.52. The lowest BCUT2D eigenvalue weighted by atomic mass is 10.3. The summed E-state index contributed by atoms with van der Waals surface area (Å²) in [5.41, 5.74) is 0. The van der Waals surface area contributed by atoms with Gasteiger partial charge in [-0.3, -0.25) is 4.79 Å². The van der Waals surface area contributed by atoms with Gasteiger partial charge in [-0.1, -0.05) is 18.2 Å². The highest BCUT2D eigenvalue weighted by molar-refractivity contribution is 5.88. The largest absolute Gasteiger partial charge is 0.391 e. The highest BCUT2D eigenvalue weighted by Gasteiger charge is 2.22. The van der Waals surface area contributed by atoms with E-state index in [2.05, 4.69) is 0 Å². The first-order chi connectivity index (χ1) is 6.24. The van der Waals surface area contributed by atoms with Crippen LogP contribution in [0.2, 0.25) is 0 Å². The molecule has 1 aliphatic rings. The summed E-state index contributed by atoms with van der Waals surface area (Å²) in [6, 6.07) is 0. The van der Waals surface area contributed by atoms with E-state index in [0.717, 1.165) is 0 Å². The molecule has 0 saturated carbocycles. The van der Waals surface area contributed by atoms with Crippen molar-refractivity contribution in [3.8, 4) is 0 Å². The predicted molar refractivity (Wildman–Crippen MR) is 51.2 cm³/mol. The van der Waals surface area contributed by atoms with Crippen LogP contribution in [-0.4, -0.2) is 35.1 Å². The Balaban J connectivity index is 2.40.